The maximum atomic E-state index is 12.3. The molecule has 1 aliphatic heterocycles. The van der Waals surface area contributed by atoms with Gasteiger partial charge in [0.2, 0.25) is 0 Å². The number of benzene rings is 2. The summed E-state index contributed by atoms with van der Waals surface area (Å²) in [6.07, 6.45) is 3.85. The zero-order valence-electron chi connectivity index (χ0n) is 19.8. The number of hydrogen-bond donors (Lipinski definition) is 2. The summed E-state index contributed by atoms with van der Waals surface area (Å²) in [5.74, 6) is 1.34. The van der Waals surface area contributed by atoms with Gasteiger partial charge in [0, 0.05) is 12.1 Å². The second-order valence-electron chi connectivity index (χ2n) is 9.12. The lowest BCUT2D eigenvalue weighted by Crippen LogP contribution is -2.34. The molecule has 4 rings (SSSR count). The van der Waals surface area contributed by atoms with E-state index in [9.17, 15) is 10.1 Å². The molecule has 2 heterocycles. The fourth-order valence-electron chi connectivity index (χ4n) is 4.43. The highest BCUT2D eigenvalue weighted by Gasteiger charge is 2.28. The minimum atomic E-state index is -0.640. The number of piperidine rings is 1. The Morgan fingerprint density at radius 1 is 1.24 bits per heavy atom. The van der Waals surface area contributed by atoms with E-state index in [1.54, 1.807) is 9.58 Å². The third-order valence-corrected chi connectivity index (χ3v) is 6.16. The highest BCUT2D eigenvalue weighted by molar-refractivity contribution is 6.03. The molecular weight excluding hydrogens is 428 g/mol. The summed E-state index contributed by atoms with van der Waals surface area (Å²) in [5.41, 5.74) is 15.7. The average molecular weight is 459 g/mol. The average Bonchev–Trinajstić information content (AvgIpc) is 3.16. The lowest BCUT2D eigenvalue weighted by atomic mass is 10.0. The summed E-state index contributed by atoms with van der Waals surface area (Å²) in [7, 11) is 0. The molecule has 1 aromatic heterocycles. The molecule has 0 radical (unpaired) electrons. The van der Waals surface area contributed by atoms with E-state index in [0.717, 1.165) is 24.2 Å². The molecule has 3 aromatic rings. The number of hydrogen-bond acceptors (Lipinski definition) is 6. The van der Waals surface area contributed by atoms with E-state index in [2.05, 4.69) is 26.1 Å². The van der Waals surface area contributed by atoms with Gasteiger partial charge in [-0.15, -0.1) is 0 Å². The van der Waals surface area contributed by atoms with Gasteiger partial charge in [0.15, 0.2) is 6.19 Å². The summed E-state index contributed by atoms with van der Waals surface area (Å²) >= 11 is 0. The molecule has 2 aromatic carbocycles. The van der Waals surface area contributed by atoms with Crippen LogP contribution in [-0.2, 0) is 0 Å². The molecule has 4 N–H and O–H groups in total. The second-order valence-corrected chi connectivity index (χ2v) is 9.12. The Balaban J connectivity index is 1.70. The van der Waals surface area contributed by atoms with E-state index in [4.69, 9.17) is 21.3 Å². The quantitative estimate of drug-likeness (QED) is 0.522. The van der Waals surface area contributed by atoms with Crippen LogP contribution >= 0.6 is 0 Å². The molecule has 8 heteroatoms. The molecule has 0 aliphatic carbocycles. The van der Waals surface area contributed by atoms with Crippen molar-refractivity contribution in [3.05, 3.63) is 59.2 Å². The van der Waals surface area contributed by atoms with Crippen LogP contribution in [0.15, 0.2) is 42.5 Å². The van der Waals surface area contributed by atoms with Gasteiger partial charge in [0.25, 0.3) is 5.91 Å². The number of aryl methyl sites for hydroxylation is 1. The molecule has 0 spiro atoms. The zero-order chi connectivity index (χ0) is 24.4. The van der Waals surface area contributed by atoms with Crippen molar-refractivity contribution >= 4 is 11.7 Å². The molecule has 1 fully saturated rings. The molecule has 1 amide bonds. The van der Waals surface area contributed by atoms with Crippen LogP contribution in [0.4, 0.5) is 5.82 Å². The predicted molar refractivity (Wildman–Crippen MR) is 131 cm³/mol. The third-order valence-electron chi connectivity index (χ3n) is 6.16. The number of likely N-dealkylation sites (tertiary alicyclic amines) is 1. The number of nitrogen functional groups attached to an aromatic ring is 1. The van der Waals surface area contributed by atoms with Gasteiger partial charge < -0.3 is 21.1 Å². The number of rotatable bonds is 6. The topological polar surface area (TPSA) is 123 Å². The van der Waals surface area contributed by atoms with Crippen LogP contribution in [0.2, 0.25) is 0 Å². The van der Waals surface area contributed by atoms with E-state index in [0.29, 0.717) is 36.0 Å². The molecule has 1 atom stereocenters. The molecule has 176 valence electrons. The normalized spacial score (nSPS) is 15.9. The summed E-state index contributed by atoms with van der Waals surface area (Å²) in [6.45, 7) is 7.54. The van der Waals surface area contributed by atoms with Gasteiger partial charge in [-0.2, -0.15) is 10.4 Å². The van der Waals surface area contributed by atoms with Crippen LogP contribution in [0.25, 0.3) is 11.3 Å². The summed E-state index contributed by atoms with van der Waals surface area (Å²) in [6, 6.07) is 13.5. The number of nitrogens with two attached hydrogens (primary N) is 2. The molecule has 0 bridgehead atoms. The number of carbonyl (C=O) groups excluding carboxylic acids is 1. The van der Waals surface area contributed by atoms with Crippen LogP contribution in [0.1, 0.15) is 60.1 Å². The van der Waals surface area contributed by atoms with Crippen molar-refractivity contribution in [2.24, 2.45) is 5.73 Å². The molecule has 0 saturated carbocycles. The summed E-state index contributed by atoms with van der Waals surface area (Å²) in [5, 5.41) is 14.0. The number of anilines is 1. The Bertz CT molecular complexity index is 1260. The van der Waals surface area contributed by atoms with Gasteiger partial charge in [-0.1, -0.05) is 32.0 Å². The fourth-order valence-corrected chi connectivity index (χ4v) is 4.43. The number of ether oxygens (including phenoxy) is 1. The van der Waals surface area contributed by atoms with Crippen molar-refractivity contribution in [2.45, 2.75) is 45.6 Å². The Hall–Kier alpha value is -3.99. The van der Waals surface area contributed by atoms with Crippen molar-refractivity contribution in [1.82, 2.24) is 14.7 Å². The lowest BCUT2D eigenvalue weighted by molar-refractivity contribution is 0.100. The SMILES string of the molecule is Cc1cc(Oc2cccc(-c3nn(C4CCCN(C#N)C4)c(N)c3C(N)=O)c2)cc(C(C)C)c1. The smallest absolute Gasteiger partial charge is 0.254 e. The number of amides is 1. The Morgan fingerprint density at radius 3 is 2.74 bits per heavy atom. The molecule has 1 aliphatic rings. The number of nitrogens with zero attached hydrogens (tertiary/aromatic N) is 4. The maximum absolute atomic E-state index is 12.3. The lowest BCUT2D eigenvalue weighted by Gasteiger charge is -2.29. The van der Waals surface area contributed by atoms with E-state index in [1.807, 2.05) is 43.3 Å². The fraction of sp³-hybridized carbons (Fsp3) is 0.346. The number of aromatic nitrogens is 2. The van der Waals surface area contributed by atoms with Crippen molar-refractivity contribution in [3.63, 3.8) is 0 Å². The van der Waals surface area contributed by atoms with Gasteiger partial charge in [-0.05, 0) is 61.1 Å². The van der Waals surface area contributed by atoms with E-state index < -0.39 is 5.91 Å². The highest BCUT2D eigenvalue weighted by Crippen LogP contribution is 2.34. The van der Waals surface area contributed by atoms with Crippen molar-refractivity contribution in [1.29, 1.82) is 5.26 Å². The molecular formula is C26H30N6O2. The highest BCUT2D eigenvalue weighted by atomic mass is 16.5. The molecule has 34 heavy (non-hydrogen) atoms. The second kappa shape index (κ2) is 9.48. The number of nitriles is 1. The first-order valence-electron chi connectivity index (χ1n) is 11.5. The first kappa shape index (κ1) is 23.2. The van der Waals surface area contributed by atoms with Gasteiger partial charge in [-0.3, -0.25) is 4.79 Å². The monoisotopic (exact) mass is 458 g/mol. The van der Waals surface area contributed by atoms with Gasteiger partial charge in [-0.25, -0.2) is 4.68 Å². The maximum Gasteiger partial charge on any atom is 0.254 e. The van der Waals surface area contributed by atoms with Crippen molar-refractivity contribution in [2.75, 3.05) is 18.8 Å². The first-order valence-corrected chi connectivity index (χ1v) is 11.5. The van der Waals surface area contributed by atoms with Crippen molar-refractivity contribution < 1.29 is 9.53 Å². The standard InChI is InChI=1S/C26H30N6O2/c1-16(2)19-10-17(3)11-22(13-19)34-21-8-4-6-18(12-21)24-23(26(29)33)25(28)32(30-24)20-7-5-9-31(14-20)15-27/h4,6,8,10-13,16,20H,5,7,9,14,28H2,1-3H3,(H2,29,33). The predicted octanol–water partition coefficient (Wildman–Crippen LogP) is 4.57. The zero-order valence-corrected chi connectivity index (χ0v) is 19.8. The summed E-state index contributed by atoms with van der Waals surface area (Å²) in [4.78, 5) is 14.0. The van der Waals surface area contributed by atoms with Crippen LogP contribution in [0, 0.1) is 18.4 Å². The number of primary amides is 1. The Morgan fingerprint density at radius 2 is 2.03 bits per heavy atom. The molecule has 1 unspecified atom stereocenters. The van der Waals surface area contributed by atoms with E-state index in [1.165, 1.54) is 5.56 Å². The molecule has 1 saturated heterocycles. The Labute approximate surface area is 199 Å². The first-order chi connectivity index (χ1) is 16.3. The minimum Gasteiger partial charge on any atom is -0.457 e. The van der Waals surface area contributed by atoms with Crippen molar-refractivity contribution in [3.8, 4) is 28.9 Å². The van der Waals surface area contributed by atoms with E-state index in [-0.39, 0.29) is 17.4 Å². The number of carbonyl (C=O) groups is 1. The van der Waals surface area contributed by atoms with Crippen LogP contribution < -0.4 is 16.2 Å². The largest absolute Gasteiger partial charge is 0.457 e. The van der Waals surface area contributed by atoms with Crippen LogP contribution in [0.3, 0.4) is 0 Å². The third kappa shape index (κ3) is 4.69. The van der Waals surface area contributed by atoms with Gasteiger partial charge >= 0.3 is 0 Å². The van der Waals surface area contributed by atoms with Gasteiger partial charge in [0.05, 0.1) is 12.6 Å². The van der Waals surface area contributed by atoms with Crippen LogP contribution in [0.5, 0.6) is 11.5 Å². The van der Waals surface area contributed by atoms with Crippen LogP contribution in [-0.4, -0.2) is 33.7 Å². The minimum absolute atomic E-state index is 0.110. The molecule has 8 nitrogen and oxygen atoms in total. The summed E-state index contributed by atoms with van der Waals surface area (Å²) < 4.78 is 7.81. The van der Waals surface area contributed by atoms with E-state index >= 15 is 0 Å². The Kier molecular flexibility index (Phi) is 6.46. The van der Waals surface area contributed by atoms with Gasteiger partial charge in [0.1, 0.15) is 28.6 Å².